The highest BCUT2D eigenvalue weighted by molar-refractivity contribution is 6.30. The molecule has 116 valence electrons. The van der Waals surface area contributed by atoms with E-state index in [9.17, 15) is 15.0 Å². The lowest BCUT2D eigenvalue weighted by molar-refractivity contribution is 0.0962. The minimum atomic E-state index is -0.259. The minimum Gasteiger partial charge on any atom is -0.504 e. The number of fused-ring (bicyclic) bond motifs is 3. The van der Waals surface area contributed by atoms with Crippen LogP contribution in [0.3, 0.4) is 0 Å². The summed E-state index contributed by atoms with van der Waals surface area (Å²) in [6, 6.07) is 10.2. The fourth-order valence-corrected chi connectivity index (χ4v) is 3.34. The Morgan fingerprint density at radius 3 is 2.48 bits per heavy atom. The van der Waals surface area contributed by atoms with E-state index in [1.165, 1.54) is 12.1 Å². The van der Waals surface area contributed by atoms with Crippen molar-refractivity contribution in [3.63, 3.8) is 0 Å². The van der Waals surface area contributed by atoms with E-state index in [1.54, 1.807) is 0 Å². The number of hydrogen-bond donors (Lipinski definition) is 2. The number of Topliss-reactive ketones (excluding diaryl/α,β-unsaturated/α-hetero) is 1. The van der Waals surface area contributed by atoms with Crippen molar-refractivity contribution in [3.05, 3.63) is 58.3 Å². The lowest BCUT2D eigenvalue weighted by atomic mass is 9.82. The number of phenols is 2. The van der Waals surface area contributed by atoms with E-state index in [4.69, 9.17) is 16.0 Å². The number of halogens is 1. The van der Waals surface area contributed by atoms with Crippen molar-refractivity contribution in [1.29, 1.82) is 0 Å². The number of benzene rings is 2. The van der Waals surface area contributed by atoms with E-state index in [0.717, 1.165) is 5.56 Å². The molecule has 2 N–H and O–H groups in total. The first kappa shape index (κ1) is 14.2. The summed E-state index contributed by atoms with van der Waals surface area (Å²) in [5.41, 5.74) is 1.97. The molecule has 4 rings (SSSR count). The molecule has 0 bridgehead atoms. The van der Waals surface area contributed by atoms with Gasteiger partial charge in [-0.3, -0.25) is 4.79 Å². The number of ketones is 1. The molecule has 23 heavy (non-hydrogen) atoms. The Morgan fingerprint density at radius 1 is 1.04 bits per heavy atom. The first-order valence-corrected chi connectivity index (χ1v) is 7.66. The zero-order valence-electron chi connectivity index (χ0n) is 12.0. The smallest absolute Gasteiger partial charge is 0.167 e. The second-order valence-corrected chi connectivity index (χ2v) is 6.25. The Kier molecular flexibility index (Phi) is 3.10. The summed E-state index contributed by atoms with van der Waals surface area (Å²) in [7, 11) is 0. The summed E-state index contributed by atoms with van der Waals surface area (Å²) in [5, 5.41) is 20.5. The Bertz CT molecular complexity index is 924. The van der Waals surface area contributed by atoms with Gasteiger partial charge in [0.2, 0.25) is 0 Å². The van der Waals surface area contributed by atoms with Crippen molar-refractivity contribution >= 4 is 28.4 Å². The molecule has 1 unspecified atom stereocenters. The maximum Gasteiger partial charge on any atom is 0.167 e. The van der Waals surface area contributed by atoms with Crippen molar-refractivity contribution in [3.8, 4) is 11.5 Å². The average molecular weight is 329 g/mol. The van der Waals surface area contributed by atoms with Gasteiger partial charge in [0.1, 0.15) is 11.3 Å². The van der Waals surface area contributed by atoms with Crippen LogP contribution in [0.5, 0.6) is 11.5 Å². The monoisotopic (exact) mass is 328 g/mol. The van der Waals surface area contributed by atoms with Gasteiger partial charge in [-0.2, -0.15) is 0 Å². The summed E-state index contributed by atoms with van der Waals surface area (Å²) in [4.78, 5) is 12.6. The average Bonchev–Trinajstić information content (AvgIpc) is 2.86. The molecule has 1 aliphatic carbocycles. The Morgan fingerprint density at radius 2 is 1.74 bits per heavy atom. The fourth-order valence-electron chi connectivity index (χ4n) is 3.21. The zero-order valence-corrected chi connectivity index (χ0v) is 12.8. The largest absolute Gasteiger partial charge is 0.504 e. The molecule has 4 nitrogen and oxygen atoms in total. The van der Waals surface area contributed by atoms with Crippen molar-refractivity contribution < 1.29 is 19.4 Å². The molecule has 1 heterocycles. The predicted octanol–water partition coefficient (Wildman–Crippen LogP) is 4.41. The fraction of sp³-hybridized carbons (Fsp3) is 0.167. The summed E-state index contributed by atoms with van der Waals surface area (Å²) < 4.78 is 5.75. The Hall–Kier alpha value is -2.46. The molecule has 0 saturated heterocycles. The number of hydrogen-bond acceptors (Lipinski definition) is 4. The minimum absolute atomic E-state index is 0.0185. The maximum atomic E-state index is 12.6. The van der Waals surface area contributed by atoms with Gasteiger partial charge in [0.25, 0.3) is 0 Å². The van der Waals surface area contributed by atoms with E-state index in [1.807, 2.05) is 24.3 Å². The van der Waals surface area contributed by atoms with Gasteiger partial charge in [-0.15, -0.1) is 0 Å². The van der Waals surface area contributed by atoms with Crippen LogP contribution in [0.2, 0.25) is 5.02 Å². The standard InChI is InChI=1S/C18H13ClO4/c19-11-3-1-9(2-4-11)10-5-15(22)18-12-7-13(20)14(21)8-16(12)23-17(18)6-10/h1-4,7-8,10,20-21H,5-6H2. The second-order valence-electron chi connectivity index (χ2n) is 5.82. The van der Waals surface area contributed by atoms with Gasteiger partial charge in [0.05, 0.1) is 5.56 Å². The van der Waals surface area contributed by atoms with Gasteiger partial charge in [-0.1, -0.05) is 23.7 Å². The predicted molar refractivity (Wildman–Crippen MR) is 86.4 cm³/mol. The lowest BCUT2D eigenvalue weighted by Gasteiger charge is -2.20. The van der Waals surface area contributed by atoms with Crippen LogP contribution in [0, 0.1) is 0 Å². The van der Waals surface area contributed by atoms with E-state index in [-0.39, 0.29) is 23.2 Å². The first-order valence-electron chi connectivity index (χ1n) is 7.29. The Labute approximate surface area is 136 Å². The quantitative estimate of drug-likeness (QED) is 0.649. The van der Waals surface area contributed by atoms with Crippen LogP contribution in [0.4, 0.5) is 0 Å². The molecule has 2 aromatic carbocycles. The molecule has 1 aromatic heterocycles. The molecular weight excluding hydrogens is 316 g/mol. The van der Waals surface area contributed by atoms with E-state index in [2.05, 4.69) is 0 Å². The third-order valence-electron chi connectivity index (χ3n) is 4.34. The van der Waals surface area contributed by atoms with Gasteiger partial charge >= 0.3 is 0 Å². The van der Waals surface area contributed by atoms with Crippen molar-refractivity contribution in [2.75, 3.05) is 0 Å². The zero-order chi connectivity index (χ0) is 16.1. The van der Waals surface area contributed by atoms with Crippen LogP contribution in [0.1, 0.15) is 34.0 Å². The lowest BCUT2D eigenvalue weighted by Crippen LogP contribution is -2.17. The molecule has 0 spiro atoms. The summed E-state index contributed by atoms with van der Waals surface area (Å²) in [6.45, 7) is 0. The highest BCUT2D eigenvalue weighted by Crippen LogP contribution is 2.41. The molecule has 5 heteroatoms. The van der Waals surface area contributed by atoms with E-state index < -0.39 is 0 Å². The van der Waals surface area contributed by atoms with Crippen LogP contribution in [0.15, 0.2) is 40.8 Å². The Balaban J connectivity index is 1.80. The summed E-state index contributed by atoms with van der Waals surface area (Å²) in [6.07, 6.45) is 0.976. The number of furan rings is 1. The molecule has 0 saturated carbocycles. The maximum absolute atomic E-state index is 12.6. The van der Waals surface area contributed by atoms with Gasteiger partial charge in [0, 0.05) is 29.3 Å². The number of aromatic hydroxyl groups is 2. The number of carbonyl (C=O) groups is 1. The van der Waals surface area contributed by atoms with E-state index in [0.29, 0.717) is 40.2 Å². The molecule has 3 aromatic rings. The van der Waals surface area contributed by atoms with Gasteiger partial charge in [-0.05, 0) is 29.7 Å². The van der Waals surface area contributed by atoms with Gasteiger partial charge in [0.15, 0.2) is 17.3 Å². The van der Waals surface area contributed by atoms with Crippen molar-refractivity contribution in [1.82, 2.24) is 0 Å². The van der Waals surface area contributed by atoms with Crippen molar-refractivity contribution in [2.45, 2.75) is 18.8 Å². The normalized spacial score (nSPS) is 17.4. The van der Waals surface area contributed by atoms with E-state index >= 15 is 0 Å². The van der Waals surface area contributed by atoms with Crippen LogP contribution in [0.25, 0.3) is 11.0 Å². The number of phenolic OH excluding ortho intramolecular Hbond substituents is 2. The molecule has 0 radical (unpaired) electrons. The number of carbonyl (C=O) groups excluding carboxylic acids is 1. The first-order chi connectivity index (χ1) is 11.0. The highest BCUT2D eigenvalue weighted by Gasteiger charge is 2.31. The number of rotatable bonds is 1. The van der Waals surface area contributed by atoms with Crippen molar-refractivity contribution in [2.24, 2.45) is 0 Å². The van der Waals surface area contributed by atoms with Gasteiger partial charge in [-0.25, -0.2) is 0 Å². The topological polar surface area (TPSA) is 70.7 Å². The molecule has 0 fully saturated rings. The van der Waals surface area contributed by atoms with Crippen LogP contribution >= 0.6 is 11.6 Å². The SMILES string of the molecule is O=C1CC(c2ccc(Cl)cc2)Cc2oc3cc(O)c(O)cc3c21. The third kappa shape index (κ3) is 2.26. The molecule has 1 aliphatic rings. The van der Waals surface area contributed by atoms with Crippen LogP contribution in [-0.2, 0) is 6.42 Å². The van der Waals surface area contributed by atoms with Gasteiger partial charge < -0.3 is 14.6 Å². The molecule has 1 atom stereocenters. The highest BCUT2D eigenvalue weighted by atomic mass is 35.5. The molecule has 0 amide bonds. The van der Waals surface area contributed by atoms with Crippen LogP contribution < -0.4 is 0 Å². The molecular formula is C18H13ClO4. The third-order valence-corrected chi connectivity index (χ3v) is 4.59. The summed E-state index contributed by atoms with van der Waals surface area (Å²) in [5.74, 6) is 0.102. The molecule has 0 aliphatic heterocycles. The second kappa shape index (κ2) is 5.03. The summed E-state index contributed by atoms with van der Waals surface area (Å²) >= 11 is 5.91. The van der Waals surface area contributed by atoms with Crippen LogP contribution in [-0.4, -0.2) is 16.0 Å².